The van der Waals surface area contributed by atoms with Gasteiger partial charge in [-0.1, -0.05) is 60.7 Å². The van der Waals surface area contributed by atoms with Gasteiger partial charge in [0.2, 0.25) is 0 Å². The minimum absolute atomic E-state index is 0.662. The summed E-state index contributed by atoms with van der Waals surface area (Å²) < 4.78 is 1.90. The van der Waals surface area contributed by atoms with Crippen LogP contribution in [0.15, 0.2) is 66.9 Å². The van der Waals surface area contributed by atoms with Crippen LogP contribution in [-0.2, 0) is 20.0 Å². The Bertz CT molecular complexity index is 765. The van der Waals surface area contributed by atoms with Gasteiger partial charge in [0, 0.05) is 50.6 Å². The maximum Gasteiger partial charge on any atom is 0.0968 e. The highest BCUT2D eigenvalue weighted by Crippen LogP contribution is 2.23. The van der Waals surface area contributed by atoms with Gasteiger partial charge in [0.05, 0.1) is 5.69 Å². The molecular formula is C21H26N4. The molecule has 4 heteroatoms. The summed E-state index contributed by atoms with van der Waals surface area (Å²) in [5.74, 6) is 0. The lowest BCUT2D eigenvalue weighted by Gasteiger charge is -2.21. The van der Waals surface area contributed by atoms with E-state index in [1.54, 1.807) is 0 Å². The Hall–Kier alpha value is -2.43. The molecule has 0 unspecified atom stereocenters. The van der Waals surface area contributed by atoms with Crippen molar-refractivity contribution >= 4 is 0 Å². The van der Waals surface area contributed by atoms with Crippen LogP contribution < -0.4 is 5.73 Å². The van der Waals surface area contributed by atoms with E-state index in [1.165, 1.54) is 11.1 Å². The molecule has 3 rings (SSSR count). The highest BCUT2D eigenvalue weighted by molar-refractivity contribution is 5.62. The Morgan fingerprint density at radius 3 is 2.32 bits per heavy atom. The SMILES string of the molecule is Cn1cc(CN(CCN)CCc2ccccc2)c(-c2ccccc2)n1. The lowest BCUT2D eigenvalue weighted by molar-refractivity contribution is 0.276. The van der Waals surface area contributed by atoms with Gasteiger partial charge >= 0.3 is 0 Å². The monoisotopic (exact) mass is 334 g/mol. The maximum absolute atomic E-state index is 5.84. The van der Waals surface area contributed by atoms with Crippen LogP contribution in [0.3, 0.4) is 0 Å². The van der Waals surface area contributed by atoms with Gasteiger partial charge in [-0.2, -0.15) is 5.10 Å². The number of rotatable bonds is 8. The Labute approximate surface area is 149 Å². The van der Waals surface area contributed by atoms with Gasteiger partial charge in [-0.3, -0.25) is 9.58 Å². The molecule has 0 bridgehead atoms. The Morgan fingerprint density at radius 2 is 1.64 bits per heavy atom. The van der Waals surface area contributed by atoms with Crippen LogP contribution in [-0.4, -0.2) is 34.3 Å². The minimum atomic E-state index is 0.662. The van der Waals surface area contributed by atoms with Gasteiger partial charge in [-0.05, 0) is 12.0 Å². The van der Waals surface area contributed by atoms with Crippen LogP contribution in [0.1, 0.15) is 11.1 Å². The quantitative estimate of drug-likeness (QED) is 0.688. The van der Waals surface area contributed by atoms with Crippen molar-refractivity contribution in [1.29, 1.82) is 0 Å². The third kappa shape index (κ3) is 4.78. The van der Waals surface area contributed by atoms with Crippen molar-refractivity contribution in [2.75, 3.05) is 19.6 Å². The molecule has 130 valence electrons. The molecule has 25 heavy (non-hydrogen) atoms. The Kier molecular flexibility index (Phi) is 5.99. The fraction of sp³-hybridized carbons (Fsp3) is 0.286. The molecule has 4 nitrogen and oxygen atoms in total. The Balaban J connectivity index is 1.74. The van der Waals surface area contributed by atoms with E-state index >= 15 is 0 Å². The first kappa shape index (κ1) is 17.4. The van der Waals surface area contributed by atoms with Crippen molar-refractivity contribution in [2.24, 2.45) is 12.8 Å². The van der Waals surface area contributed by atoms with Crippen LogP contribution in [0, 0.1) is 0 Å². The Morgan fingerprint density at radius 1 is 0.960 bits per heavy atom. The number of aryl methyl sites for hydroxylation is 1. The number of hydrogen-bond acceptors (Lipinski definition) is 3. The fourth-order valence-electron chi connectivity index (χ4n) is 3.12. The zero-order valence-electron chi connectivity index (χ0n) is 14.8. The third-order valence-electron chi connectivity index (χ3n) is 4.35. The van der Waals surface area contributed by atoms with Crippen molar-refractivity contribution in [2.45, 2.75) is 13.0 Å². The summed E-state index contributed by atoms with van der Waals surface area (Å²) in [6, 6.07) is 21.0. The van der Waals surface area contributed by atoms with Crippen LogP contribution in [0.25, 0.3) is 11.3 Å². The predicted octanol–water partition coefficient (Wildman–Crippen LogP) is 3.09. The molecule has 0 fully saturated rings. The largest absolute Gasteiger partial charge is 0.329 e. The first-order valence-corrected chi connectivity index (χ1v) is 8.80. The van der Waals surface area contributed by atoms with E-state index in [2.05, 4.69) is 70.8 Å². The summed E-state index contributed by atoms with van der Waals surface area (Å²) in [7, 11) is 1.98. The average Bonchev–Trinajstić information content (AvgIpc) is 3.02. The third-order valence-corrected chi connectivity index (χ3v) is 4.35. The molecule has 1 aromatic heterocycles. The summed E-state index contributed by atoms with van der Waals surface area (Å²) in [6.07, 6.45) is 3.15. The summed E-state index contributed by atoms with van der Waals surface area (Å²) in [4.78, 5) is 2.41. The van der Waals surface area contributed by atoms with Crippen molar-refractivity contribution in [3.05, 3.63) is 78.0 Å². The first-order valence-electron chi connectivity index (χ1n) is 8.80. The molecule has 0 saturated heterocycles. The topological polar surface area (TPSA) is 47.1 Å². The number of nitrogens with two attached hydrogens (primary N) is 1. The van der Waals surface area contributed by atoms with Gasteiger partial charge in [0.1, 0.15) is 0 Å². The molecule has 0 aliphatic heterocycles. The molecule has 3 aromatic rings. The highest BCUT2D eigenvalue weighted by atomic mass is 15.3. The van der Waals surface area contributed by atoms with Crippen LogP contribution in [0.4, 0.5) is 0 Å². The second kappa shape index (κ2) is 8.60. The molecule has 2 N–H and O–H groups in total. The van der Waals surface area contributed by atoms with Crippen LogP contribution >= 0.6 is 0 Å². The zero-order chi connectivity index (χ0) is 17.5. The van der Waals surface area contributed by atoms with E-state index in [0.717, 1.165) is 37.3 Å². The predicted molar refractivity (Wildman–Crippen MR) is 103 cm³/mol. The molecule has 0 aliphatic carbocycles. The maximum atomic E-state index is 5.84. The molecular weight excluding hydrogens is 308 g/mol. The van der Waals surface area contributed by atoms with Gasteiger partial charge in [0.15, 0.2) is 0 Å². The molecule has 0 radical (unpaired) electrons. The van der Waals surface area contributed by atoms with E-state index in [0.29, 0.717) is 6.54 Å². The number of benzene rings is 2. The summed E-state index contributed by atoms with van der Waals surface area (Å²) >= 11 is 0. The van der Waals surface area contributed by atoms with Crippen molar-refractivity contribution in [3.63, 3.8) is 0 Å². The van der Waals surface area contributed by atoms with E-state index in [4.69, 9.17) is 5.73 Å². The highest BCUT2D eigenvalue weighted by Gasteiger charge is 2.13. The smallest absolute Gasteiger partial charge is 0.0968 e. The second-order valence-electron chi connectivity index (χ2n) is 6.34. The summed E-state index contributed by atoms with van der Waals surface area (Å²) in [6.45, 7) is 3.40. The van der Waals surface area contributed by atoms with Crippen molar-refractivity contribution < 1.29 is 0 Å². The normalized spacial score (nSPS) is 11.2. The molecule has 0 aliphatic rings. The first-order chi connectivity index (χ1) is 12.3. The van der Waals surface area contributed by atoms with Gasteiger partial charge < -0.3 is 5.73 Å². The van der Waals surface area contributed by atoms with Crippen LogP contribution in [0.2, 0.25) is 0 Å². The van der Waals surface area contributed by atoms with Crippen LogP contribution in [0.5, 0.6) is 0 Å². The molecule has 2 aromatic carbocycles. The molecule has 0 amide bonds. The van der Waals surface area contributed by atoms with Gasteiger partial charge in [-0.25, -0.2) is 0 Å². The van der Waals surface area contributed by atoms with E-state index in [-0.39, 0.29) is 0 Å². The molecule has 0 saturated carbocycles. The zero-order valence-corrected chi connectivity index (χ0v) is 14.8. The van der Waals surface area contributed by atoms with E-state index in [9.17, 15) is 0 Å². The van der Waals surface area contributed by atoms with E-state index in [1.807, 2.05) is 17.8 Å². The number of nitrogens with zero attached hydrogens (tertiary/aromatic N) is 3. The second-order valence-corrected chi connectivity index (χ2v) is 6.34. The summed E-state index contributed by atoms with van der Waals surface area (Å²) in [5.41, 5.74) is 10.7. The fourth-order valence-corrected chi connectivity index (χ4v) is 3.12. The lowest BCUT2D eigenvalue weighted by atomic mass is 10.1. The standard InChI is InChI=1S/C21H26N4/c1-24-16-20(21(23-24)19-10-6-3-7-11-19)17-25(15-13-22)14-12-18-8-4-2-5-9-18/h2-11,16H,12-15,17,22H2,1H3. The summed E-state index contributed by atoms with van der Waals surface area (Å²) in [5, 5.41) is 4.67. The molecule has 0 atom stereocenters. The van der Waals surface area contributed by atoms with Crippen molar-refractivity contribution in [3.8, 4) is 11.3 Å². The minimum Gasteiger partial charge on any atom is -0.329 e. The van der Waals surface area contributed by atoms with Gasteiger partial charge in [-0.15, -0.1) is 0 Å². The lowest BCUT2D eigenvalue weighted by Crippen LogP contribution is -2.31. The number of aromatic nitrogens is 2. The average molecular weight is 334 g/mol. The molecule has 1 heterocycles. The number of hydrogen-bond donors (Lipinski definition) is 1. The molecule has 0 spiro atoms. The van der Waals surface area contributed by atoms with Crippen molar-refractivity contribution in [1.82, 2.24) is 14.7 Å². The van der Waals surface area contributed by atoms with Gasteiger partial charge in [0.25, 0.3) is 0 Å². The van der Waals surface area contributed by atoms with E-state index < -0.39 is 0 Å².